The molecule has 0 bridgehead atoms. The van der Waals surface area contributed by atoms with Gasteiger partial charge in [-0.1, -0.05) is 12.1 Å². The van der Waals surface area contributed by atoms with Crippen molar-refractivity contribution in [2.75, 3.05) is 18.4 Å². The summed E-state index contributed by atoms with van der Waals surface area (Å²) < 4.78 is 0. The molecule has 5 nitrogen and oxygen atoms in total. The third-order valence-corrected chi connectivity index (χ3v) is 2.79. The van der Waals surface area contributed by atoms with Crippen LogP contribution < -0.4 is 5.32 Å². The summed E-state index contributed by atoms with van der Waals surface area (Å²) >= 11 is 0. The van der Waals surface area contributed by atoms with Crippen molar-refractivity contribution in [3.63, 3.8) is 0 Å². The molecular weight excluding hydrogens is 232 g/mol. The fourth-order valence-corrected chi connectivity index (χ4v) is 1.71. The molecule has 0 unspecified atom stereocenters. The lowest BCUT2D eigenvalue weighted by Crippen LogP contribution is -2.35. The summed E-state index contributed by atoms with van der Waals surface area (Å²) in [4.78, 5) is 24.6. The lowest BCUT2D eigenvalue weighted by Gasteiger charge is -2.20. The molecule has 0 atom stereocenters. The number of hydrogen-bond acceptors (Lipinski definition) is 2. The number of rotatable bonds is 4. The summed E-state index contributed by atoms with van der Waals surface area (Å²) in [6.07, 6.45) is 0. The van der Waals surface area contributed by atoms with E-state index in [0.717, 1.165) is 5.56 Å². The van der Waals surface area contributed by atoms with Gasteiger partial charge in [-0.2, -0.15) is 0 Å². The number of aromatic carboxylic acids is 1. The molecule has 2 N–H and O–H groups in total. The number of para-hydroxylation sites is 1. The predicted octanol–water partition coefficient (Wildman–Crippen LogP) is 2.57. The molecule has 1 rings (SSSR count). The van der Waals surface area contributed by atoms with Crippen molar-refractivity contribution in [2.45, 2.75) is 20.8 Å². The van der Waals surface area contributed by atoms with E-state index in [-0.39, 0.29) is 11.6 Å². The van der Waals surface area contributed by atoms with Gasteiger partial charge < -0.3 is 15.3 Å². The van der Waals surface area contributed by atoms with Crippen LogP contribution in [0.5, 0.6) is 0 Å². The maximum atomic E-state index is 11.9. The van der Waals surface area contributed by atoms with Gasteiger partial charge in [-0.25, -0.2) is 9.59 Å². The second-order valence-corrected chi connectivity index (χ2v) is 3.91. The van der Waals surface area contributed by atoms with Crippen molar-refractivity contribution < 1.29 is 14.7 Å². The minimum atomic E-state index is -1.05. The lowest BCUT2D eigenvalue weighted by molar-refractivity contribution is 0.0698. The van der Waals surface area contributed by atoms with Gasteiger partial charge in [-0.15, -0.1) is 0 Å². The molecule has 18 heavy (non-hydrogen) atoms. The molecule has 1 aromatic rings. The number of nitrogens with zero attached hydrogens (tertiary/aromatic N) is 1. The van der Waals surface area contributed by atoms with Crippen LogP contribution in [0.4, 0.5) is 10.5 Å². The van der Waals surface area contributed by atoms with Gasteiger partial charge in [0.25, 0.3) is 0 Å². The number of benzene rings is 1. The first-order valence-corrected chi connectivity index (χ1v) is 5.90. The van der Waals surface area contributed by atoms with Gasteiger partial charge in [0.05, 0.1) is 11.3 Å². The number of carboxylic acid groups (broad SMARTS) is 1. The average molecular weight is 250 g/mol. The number of amides is 2. The Morgan fingerprint density at radius 2 is 1.89 bits per heavy atom. The summed E-state index contributed by atoms with van der Waals surface area (Å²) in [5.74, 6) is -1.05. The van der Waals surface area contributed by atoms with Gasteiger partial charge in [0, 0.05) is 13.1 Å². The smallest absolute Gasteiger partial charge is 0.337 e. The van der Waals surface area contributed by atoms with Crippen molar-refractivity contribution in [2.24, 2.45) is 0 Å². The number of aryl methyl sites for hydroxylation is 1. The zero-order valence-corrected chi connectivity index (χ0v) is 10.9. The van der Waals surface area contributed by atoms with Gasteiger partial charge in [0.1, 0.15) is 0 Å². The van der Waals surface area contributed by atoms with Crippen LogP contribution >= 0.6 is 0 Å². The Bertz CT molecular complexity index is 454. The number of anilines is 1. The zero-order valence-electron chi connectivity index (χ0n) is 10.9. The van der Waals surface area contributed by atoms with Crippen LogP contribution in [0.2, 0.25) is 0 Å². The molecule has 0 heterocycles. The van der Waals surface area contributed by atoms with E-state index in [1.54, 1.807) is 24.0 Å². The molecule has 0 aliphatic heterocycles. The molecule has 0 saturated carbocycles. The van der Waals surface area contributed by atoms with Crippen LogP contribution in [-0.2, 0) is 0 Å². The third kappa shape index (κ3) is 3.00. The third-order valence-electron chi connectivity index (χ3n) is 2.79. The van der Waals surface area contributed by atoms with Gasteiger partial charge >= 0.3 is 12.0 Å². The number of nitrogens with one attached hydrogen (secondary N) is 1. The number of hydrogen-bond donors (Lipinski definition) is 2. The summed E-state index contributed by atoms with van der Waals surface area (Å²) in [7, 11) is 0. The Balaban J connectivity index is 3.03. The average Bonchev–Trinajstić information content (AvgIpc) is 2.33. The van der Waals surface area contributed by atoms with E-state index in [1.165, 1.54) is 6.07 Å². The maximum Gasteiger partial charge on any atom is 0.337 e. The van der Waals surface area contributed by atoms with Crippen LogP contribution in [0.1, 0.15) is 29.8 Å². The molecule has 5 heteroatoms. The van der Waals surface area contributed by atoms with E-state index in [2.05, 4.69) is 5.32 Å². The lowest BCUT2D eigenvalue weighted by atomic mass is 10.1. The minimum absolute atomic E-state index is 0.107. The van der Waals surface area contributed by atoms with Crippen LogP contribution in [-0.4, -0.2) is 35.1 Å². The molecule has 0 aliphatic rings. The fourth-order valence-electron chi connectivity index (χ4n) is 1.71. The van der Waals surface area contributed by atoms with Crippen molar-refractivity contribution in [1.82, 2.24) is 4.90 Å². The number of urea groups is 1. The topological polar surface area (TPSA) is 69.6 Å². The van der Waals surface area contributed by atoms with E-state index < -0.39 is 5.97 Å². The monoisotopic (exact) mass is 250 g/mol. The van der Waals surface area contributed by atoms with Gasteiger partial charge in [-0.05, 0) is 32.4 Å². The second kappa shape index (κ2) is 6.05. The standard InChI is InChI=1S/C13H18N2O3/c1-4-15(5-2)13(18)14-11-9(3)7-6-8-10(11)12(16)17/h6-8H,4-5H2,1-3H3,(H,14,18)(H,16,17). The summed E-state index contributed by atoms with van der Waals surface area (Å²) in [6.45, 7) is 6.68. The number of carboxylic acids is 1. The summed E-state index contributed by atoms with van der Waals surface area (Å²) in [6, 6.07) is 4.63. The Morgan fingerprint density at radius 3 is 2.39 bits per heavy atom. The highest BCUT2D eigenvalue weighted by Crippen LogP contribution is 2.21. The Kier molecular flexibility index (Phi) is 4.71. The summed E-state index contributed by atoms with van der Waals surface area (Å²) in [5.41, 5.74) is 1.20. The Morgan fingerprint density at radius 1 is 1.28 bits per heavy atom. The fraction of sp³-hybridized carbons (Fsp3) is 0.385. The summed E-state index contributed by atoms with van der Waals surface area (Å²) in [5, 5.41) is 11.8. The minimum Gasteiger partial charge on any atom is -0.478 e. The van der Waals surface area contributed by atoms with E-state index in [1.807, 2.05) is 13.8 Å². The molecular formula is C13H18N2O3. The molecule has 0 aliphatic carbocycles. The predicted molar refractivity (Wildman–Crippen MR) is 70.1 cm³/mol. The highest BCUT2D eigenvalue weighted by molar-refractivity contribution is 6.00. The highest BCUT2D eigenvalue weighted by Gasteiger charge is 2.16. The van der Waals surface area contributed by atoms with Crippen molar-refractivity contribution in [3.8, 4) is 0 Å². The molecule has 0 fully saturated rings. The number of carbonyl (C=O) groups excluding carboxylic acids is 1. The van der Waals surface area contributed by atoms with Crippen molar-refractivity contribution in [1.29, 1.82) is 0 Å². The van der Waals surface area contributed by atoms with Gasteiger partial charge in [0.2, 0.25) is 0 Å². The van der Waals surface area contributed by atoms with E-state index >= 15 is 0 Å². The van der Waals surface area contributed by atoms with E-state index in [4.69, 9.17) is 5.11 Å². The highest BCUT2D eigenvalue weighted by atomic mass is 16.4. The second-order valence-electron chi connectivity index (χ2n) is 3.91. The molecule has 0 saturated heterocycles. The molecule has 0 aromatic heterocycles. The molecule has 0 radical (unpaired) electrons. The quantitative estimate of drug-likeness (QED) is 0.862. The van der Waals surface area contributed by atoms with E-state index in [9.17, 15) is 9.59 Å². The maximum absolute atomic E-state index is 11.9. The first-order chi connectivity index (χ1) is 8.51. The first-order valence-electron chi connectivity index (χ1n) is 5.90. The SMILES string of the molecule is CCN(CC)C(=O)Nc1c(C)cccc1C(=O)O. The van der Waals surface area contributed by atoms with Gasteiger partial charge in [0.15, 0.2) is 0 Å². The molecule has 0 spiro atoms. The molecule has 98 valence electrons. The van der Waals surface area contributed by atoms with Crippen LogP contribution in [0.25, 0.3) is 0 Å². The van der Waals surface area contributed by atoms with Crippen LogP contribution in [0, 0.1) is 6.92 Å². The zero-order chi connectivity index (χ0) is 13.7. The van der Waals surface area contributed by atoms with Crippen molar-refractivity contribution >= 4 is 17.7 Å². The molecule has 2 amide bonds. The number of carbonyl (C=O) groups is 2. The Labute approximate surface area is 106 Å². The van der Waals surface area contributed by atoms with Crippen LogP contribution in [0.15, 0.2) is 18.2 Å². The normalized spacial score (nSPS) is 9.94. The molecule has 1 aromatic carbocycles. The Hall–Kier alpha value is -2.04. The first kappa shape index (κ1) is 14.0. The largest absolute Gasteiger partial charge is 0.478 e. The van der Waals surface area contributed by atoms with E-state index in [0.29, 0.717) is 18.8 Å². The van der Waals surface area contributed by atoms with Crippen LogP contribution in [0.3, 0.4) is 0 Å². The van der Waals surface area contributed by atoms with Crippen molar-refractivity contribution in [3.05, 3.63) is 29.3 Å². The van der Waals surface area contributed by atoms with Gasteiger partial charge in [-0.3, -0.25) is 0 Å².